The van der Waals surface area contributed by atoms with Gasteiger partial charge in [0.05, 0.1) is 16.3 Å². The van der Waals surface area contributed by atoms with Gasteiger partial charge < -0.3 is 10.2 Å². The van der Waals surface area contributed by atoms with Crippen molar-refractivity contribution < 1.29 is 13.2 Å². The maximum absolute atomic E-state index is 13.0. The second-order valence-electron chi connectivity index (χ2n) is 9.10. The maximum atomic E-state index is 13.0. The van der Waals surface area contributed by atoms with Crippen LogP contribution in [0.4, 0.5) is 11.4 Å². The largest absolute Gasteiger partial charge is 0.370 e. The van der Waals surface area contributed by atoms with Gasteiger partial charge in [-0.15, -0.1) is 0 Å². The molecular weight excluding hydrogens is 422 g/mol. The van der Waals surface area contributed by atoms with Crippen LogP contribution in [0.2, 0.25) is 0 Å². The molecule has 0 bridgehead atoms. The first kappa shape index (κ1) is 22.8. The molecule has 1 amide bonds. The fourth-order valence-corrected chi connectivity index (χ4v) is 6.05. The highest BCUT2D eigenvalue weighted by Crippen LogP contribution is 2.31. The van der Waals surface area contributed by atoms with Crippen LogP contribution in [0.1, 0.15) is 51.0 Å². The van der Waals surface area contributed by atoms with Crippen LogP contribution < -0.4 is 10.2 Å². The number of benzene rings is 2. The minimum Gasteiger partial charge on any atom is -0.370 e. The Morgan fingerprint density at radius 1 is 0.938 bits per heavy atom. The fourth-order valence-electron chi connectivity index (χ4n) is 4.58. The van der Waals surface area contributed by atoms with E-state index in [1.807, 2.05) is 30.3 Å². The van der Waals surface area contributed by atoms with E-state index in [0.717, 1.165) is 30.0 Å². The average molecular weight is 456 g/mol. The van der Waals surface area contributed by atoms with E-state index >= 15 is 0 Å². The summed E-state index contributed by atoms with van der Waals surface area (Å²) in [4.78, 5) is 15.6. The number of para-hydroxylation sites is 2. The number of amides is 1. The summed E-state index contributed by atoms with van der Waals surface area (Å²) in [7, 11) is -3.54. The van der Waals surface area contributed by atoms with Gasteiger partial charge in [-0.05, 0) is 61.4 Å². The lowest BCUT2D eigenvalue weighted by molar-refractivity contribution is -0.120. The molecule has 0 unspecified atom stereocenters. The monoisotopic (exact) mass is 455 g/mol. The fraction of sp³-hybridized carbons (Fsp3) is 0.480. The molecule has 2 aromatic rings. The molecule has 4 rings (SSSR count). The summed E-state index contributed by atoms with van der Waals surface area (Å²) in [6, 6.07) is 15.1. The lowest BCUT2D eigenvalue weighted by atomic mass is 9.97. The highest BCUT2D eigenvalue weighted by atomic mass is 32.2. The average Bonchev–Trinajstić information content (AvgIpc) is 3.34. The van der Waals surface area contributed by atoms with Crippen molar-refractivity contribution in [3.05, 3.63) is 54.1 Å². The summed E-state index contributed by atoms with van der Waals surface area (Å²) in [5.41, 5.74) is 3.04. The first-order chi connectivity index (χ1) is 15.4. The van der Waals surface area contributed by atoms with Gasteiger partial charge in [0.25, 0.3) is 0 Å². The third-order valence-corrected chi connectivity index (χ3v) is 8.53. The van der Waals surface area contributed by atoms with Gasteiger partial charge in [-0.3, -0.25) is 4.79 Å². The molecule has 1 N–H and O–H groups in total. The van der Waals surface area contributed by atoms with Gasteiger partial charge in [0, 0.05) is 32.1 Å². The van der Waals surface area contributed by atoms with Crippen LogP contribution >= 0.6 is 0 Å². The Morgan fingerprint density at radius 2 is 1.56 bits per heavy atom. The van der Waals surface area contributed by atoms with Crippen LogP contribution in [0.5, 0.6) is 0 Å². The number of carbonyl (C=O) groups is 1. The van der Waals surface area contributed by atoms with Crippen LogP contribution in [0.15, 0.2) is 53.4 Å². The van der Waals surface area contributed by atoms with Crippen molar-refractivity contribution >= 4 is 27.3 Å². The zero-order valence-corrected chi connectivity index (χ0v) is 19.8. The Kier molecular flexibility index (Phi) is 6.86. The molecule has 2 aliphatic heterocycles. The lowest BCUT2D eigenvalue weighted by Gasteiger charge is -2.31. The molecule has 6 nitrogen and oxygen atoms in total. The third kappa shape index (κ3) is 4.84. The topological polar surface area (TPSA) is 69.7 Å². The van der Waals surface area contributed by atoms with Crippen LogP contribution in [0, 0.1) is 5.92 Å². The molecule has 7 heteroatoms. The van der Waals surface area contributed by atoms with E-state index in [1.54, 1.807) is 12.1 Å². The first-order valence-electron chi connectivity index (χ1n) is 11.6. The summed E-state index contributed by atoms with van der Waals surface area (Å²) in [6.07, 6.45) is 3.41. The van der Waals surface area contributed by atoms with Crippen LogP contribution in [0.25, 0.3) is 0 Å². The molecule has 0 atom stereocenters. The number of piperidine rings is 1. The summed E-state index contributed by atoms with van der Waals surface area (Å²) in [5, 5.41) is 3.11. The smallest absolute Gasteiger partial charge is 0.243 e. The number of anilines is 2. The van der Waals surface area contributed by atoms with Gasteiger partial charge in [0.2, 0.25) is 15.9 Å². The Hall–Kier alpha value is -2.38. The number of hydrogen-bond donors (Lipinski definition) is 1. The van der Waals surface area contributed by atoms with Crippen LogP contribution in [-0.2, 0) is 14.8 Å². The number of sulfonamides is 1. The van der Waals surface area contributed by atoms with E-state index in [1.165, 1.54) is 17.1 Å². The van der Waals surface area contributed by atoms with E-state index in [9.17, 15) is 13.2 Å². The van der Waals surface area contributed by atoms with Crippen molar-refractivity contribution in [2.24, 2.45) is 5.92 Å². The Balaban J connectivity index is 1.38. The van der Waals surface area contributed by atoms with Crippen molar-refractivity contribution in [3.63, 3.8) is 0 Å². The molecule has 2 heterocycles. The highest BCUT2D eigenvalue weighted by molar-refractivity contribution is 7.89. The lowest BCUT2D eigenvalue weighted by Crippen LogP contribution is -2.41. The predicted octanol–water partition coefficient (Wildman–Crippen LogP) is 4.45. The van der Waals surface area contributed by atoms with Crippen LogP contribution in [-0.4, -0.2) is 44.8 Å². The van der Waals surface area contributed by atoms with E-state index in [-0.39, 0.29) is 11.8 Å². The molecule has 2 aromatic carbocycles. The Labute approximate surface area is 191 Å². The SMILES string of the molecule is CC(C)c1ccc(S(=O)(=O)N2CCC(C(=O)Nc3ccccc3N3CCCC3)CC2)cc1. The summed E-state index contributed by atoms with van der Waals surface area (Å²) >= 11 is 0. The second-order valence-corrected chi connectivity index (χ2v) is 11.0. The number of rotatable bonds is 6. The predicted molar refractivity (Wildman–Crippen MR) is 129 cm³/mol. The molecule has 2 fully saturated rings. The third-order valence-electron chi connectivity index (χ3n) is 6.62. The molecular formula is C25H33N3O3S. The van der Waals surface area contributed by atoms with Crippen molar-refractivity contribution in [2.45, 2.75) is 50.3 Å². The minimum absolute atomic E-state index is 0.0185. The standard InChI is InChI=1S/C25H33N3O3S/c1-19(2)20-9-11-22(12-10-20)32(30,31)28-17-13-21(14-18-28)25(29)26-23-7-3-4-8-24(23)27-15-5-6-16-27/h3-4,7-12,19,21H,5-6,13-18H2,1-2H3,(H,26,29). The van der Waals surface area contributed by atoms with E-state index in [0.29, 0.717) is 36.7 Å². The quantitative estimate of drug-likeness (QED) is 0.699. The molecule has 172 valence electrons. The van der Waals surface area contributed by atoms with Gasteiger partial charge in [-0.25, -0.2) is 8.42 Å². The molecule has 0 spiro atoms. The zero-order valence-electron chi connectivity index (χ0n) is 19.0. The van der Waals surface area contributed by atoms with Crippen molar-refractivity contribution in [3.8, 4) is 0 Å². The zero-order chi connectivity index (χ0) is 22.7. The number of carbonyl (C=O) groups excluding carboxylic acids is 1. The normalized spacial score (nSPS) is 18.3. The van der Waals surface area contributed by atoms with E-state index in [2.05, 4.69) is 30.1 Å². The minimum atomic E-state index is -3.54. The molecule has 0 radical (unpaired) electrons. The molecule has 0 aromatic heterocycles. The van der Waals surface area contributed by atoms with E-state index < -0.39 is 10.0 Å². The molecule has 2 saturated heterocycles. The van der Waals surface area contributed by atoms with Gasteiger partial charge >= 0.3 is 0 Å². The Bertz CT molecular complexity index is 1040. The van der Waals surface area contributed by atoms with E-state index in [4.69, 9.17) is 0 Å². The summed E-state index contributed by atoms with van der Waals surface area (Å²) in [6.45, 7) is 6.93. The van der Waals surface area contributed by atoms with Crippen molar-refractivity contribution in [1.82, 2.24) is 4.31 Å². The Morgan fingerprint density at radius 3 is 2.19 bits per heavy atom. The number of nitrogens with one attached hydrogen (secondary N) is 1. The maximum Gasteiger partial charge on any atom is 0.243 e. The number of hydrogen-bond acceptors (Lipinski definition) is 4. The highest BCUT2D eigenvalue weighted by Gasteiger charge is 2.32. The van der Waals surface area contributed by atoms with Gasteiger partial charge in [-0.2, -0.15) is 4.31 Å². The van der Waals surface area contributed by atoms with Crippen LogP contribution in [0.3, 0.4) is 0 Å². The summed E-state index contributed by atoms with van der Waals surface area (Å²) < 4.78 is 27.6. The second kappa shape index (κ2) is 9.63. The molecule has 0 saturated carbocycles. The van der Waals surface area contributed by atoms with Gasteiger partial charge in [-0.1, -0.05) is 38.1 Å². The summed E-state index contributed by atoms with van der Waals surface area (Å²) in [5.74, 6) is 0.156. The van der Waals surface area contributed by atoms with Gasteiger partial charge in [0.1, 0.15) is 0 Å². The number of nitrogens with zero attached hydrogens (tertiary/aromatic N) is 2. The molecule has 2 aliphatic rings. The first-order valence-corrected chi connectivity index (χ1v) is 13.1. The molecule has 0 aliphatic carbocycles. The van der Waals surface area contributed by atoms with Crippen molar-refractivity contribution in [1.29, 1.82) is 0 Å². The van der Waals surface area contributed by atoms with Gasteiger partial charge in [0.15, 0.2) is 0 Å². The van der Waals surface area contributed by atoms with Crippen molar-refractivity contribution in [2.75, 3.05) is 36.4 Å². The molecule has 32 heavy (non-hydrogen) atoms.